The van der Waals surface area contributed by atoms with Crippen molar-refractivity contribution >= 4 is 5.91 Å². The van der Waals surface area contributed by atoms with Gasteiger partial charge in [0.1, 0.15) is 12.3 Å². The van der Waals surface area contributed by atoms with E-state index in [2.05, 4.69) is 30.6 Å². The van der Waals surface area contributed by atoms with E-state index in [-0.39, 0.29) is 24.6 Å². The van der Waals surface area contributed by atoms with Gasteiger partial charge in [0.05, 0.1) is 18.8 Å². The first-order chi connectivity index (χ1) is 11.6. The Morgan fingerprint density at radius 3 is 2.92 bits per heavy atom. The van der Waals surface area contributed by atoms with Crippen molar-refractivity contribution in [2.24, 2.45) is 5.73 Å². The van der Waals surface area contributed by atoms with Gasteiger partial charge in [0.15, 0.2) is 5.69 Å². The second-order valence-electron chi connectivity index (χ2n) is 5.91. The number of aromatic nitrogens is 5. The summed E-state index contributed by atoms with van der Waals surface area (Å²) >= 11 is 0. The van der Waals surface area contributed by atoms with E-state index in [0.717, 1.165) is 25.7 Å². The van der Waals surface area contributed by atoms with Crippen LogP contribution in [0, 0.1) is 6.92 Å². The molecule has 0 radical (unpaired) electrons. The molecule has 2 aromatic rings. The lowest BCUT2D eigenvalue weighted by Crippen LogP contribution is -2.29. The van der Waals surface area contributed by atoms with Gasteiger partial charge >= 0.3 is 0 Å². The molecule has 1 aliphatic rings. The zero-order chi connectivity index (χ0) is 16.9. The summed E-state index contributed by atoms with van der Waals surface area (Å²) in [6.45, 7) is 2.30. The van der Waals surface area contributed by atoms with Crippen LogP contribution in [0.4, 0.5) is 0 Å². The molecule has 0 bridgehead atoms. The van der Waals surface area contributed by atoms with Crippen molar-refractivity contribution in [2.45, 2.75) is 44.7 Å². The Morgan fingerprint density at radius 2 is 2.21 bits per heavy atom. The first kappa shape index (κ1) is 16.4. The minimum atomic E-state index is -0.285. The van der Waals surface area contributed by atoms with Gasteiger partial charge < -0.3 is 15.8 Å². The Balaban J connectivity index is 1.44. The zero-order valence-corrected chi connectivity index (χ0v) is 13.5. The van der Waals surface area contributed by atoms with Crippen molar-refractivity contribution in [3.63, 3.8) is 0 Å². The van der Waals surface area contributed by atoms with Crippen molar-refractivity contribution < 1.29 is 14.2 Å². The first-order valence-electron chi connectivity index (χ1n) is 8.01. The smallest absolute Gasteiger partial charge is 0.278 e. The Morgan fingerprint density at radius 1 is 1.42 bits per heavy atom. The Labute approximate surface area is 138 Å². The minimum absolute atomic E-state index is 0.259. The van der Waals surface area contributed by atoms with E-state index in [0.29, 0.717) is 23.8 Å². The number of ether oxygens (including phenoxy) is 1. The molecule has 10 heteroatoms. The van der Waals surface area contributed by atoms with Crippen molar-refractivity contribution in [3.05, 3.63) is 17.6 Å². The summed E-state index contributed by atoms with van der Waals surface area (Å²) in [5.41, 5.74) is 6.77. The summed E-state index contributed by atoms with van der Waals surface area (Å²) in [7, 11) is 0. The van der Waals surface area contributed by atoms with Crippen molar-refractivity contribution in [2.75, 3.05) is 13.2 Å². The van der Waals surface area contributed by atoms with E-state index < -0.39 is 0 Å². The molecule has 1 saturated carbocycles. The summed E-state index contributed by atoms with van der Waals surface area (Å²) in [5, 5.41) is 17.9. The largest absolute Gasteiger partial charge is 0.472 e. The molecule has 2 heterocycles. The first-order valence-corrected chi connectivity index (χ1v) is 8.01. The third-order valence-electron chi connectivity index (χ3n) is 4.10. The molecule has 3 rings (SSSR count). The molecule has 1 aliphatic carbocycles. The van der Waals surface area contributed by atoms with Gasteiger partial charge in [0.25, 0.3) is 11.8 Å². The van der Waals surface area contributed by atoms with Crippen molar-refractivity contribution in [1.29, 1.82) is 0 Å². The molecule has 24 heavy (non-hydrogen) atoms. The fraction of sp³-hybridized carbons (Fsp3) is 0.643. The highest BCUT2D eigenvalue weighted by atomic mass is 16.6. The summed E-state index contributed by atoms with van der Waals surface area (Å²) in [6, 6.07) is 0.543. The highest BCUT2D eigenvalue weighted by Gasteiger charge is 2.22. The van der Waals surface area contributed by atoms with E-state index in [1.54, 1.807) is 17.8 Å². The van der Waals surface area contributed by atoms with Crippen LogP contribution in [-0.4, -0.2) is 50.4 Å². The quantitative estimate of drug-likeness (QED) is 0.716. The van der Waals surface area contributed by atoms with E-state index in [9.17, 15) is 4.79 Å². The van der Waals surface area contributed by atoms with Crippen LogP contribution in [-0.2, 0) is 0 Å². The Bertz CT molecular complexity index is 675. The van der Waals surface area contributed by atoms with E-state index in [4.69, 9.17) is 10.5 Å². The van der Waals surface area contributed by atoms with Gasteiger partial charge in [-0.15, -0.1) is 5.10 Å². The van der Waals surface area contributed by atoms with Crippen LogP contribution < -0.4 is 15.8 Å². The molecule has 2 aromatic heterocycles. The van der Waals surface area contributed by atoms with Crippen LogP contribution in [0.25, 0.3) is 0 Å². The number of amides is 1. The van der Waals surface area contributed by atoms with Gasteiger partial charge in [-0.2, -0.15) is 0 Å². The van der Waals surface area contributed by atoms with Gasteiger partial charge in [-0.25, -0.2) is 9.31 Å². The molecule has 1 fully saturated rings. The highest BCUT2D eigenvalue weighted by molar-refractivity contribution is 5.91. The maximum Gasteiger partial charge on any atom is 0.278 e. The van der Waals surface area contributed by atoms with Crippen LogP contribution >= 0.6 is 0 Å². The van der Waals surface area contributed by atoms with Gasteiger partial charge in [0, 0.05) is 6.04 Å². The number of aryl methyl sites for hydroxylation is 1. The van der Waals surface area contributed by atoms with E-state index >= 15 is 0 Å². The lowest BCUT2D eigenvalue weighted by Gasteiger charge is -2.25. The fourth-order valence-electron chi connectivity index (χ4n) is 2.68. The van der Waals surface area contributed by atoms with Crippen LogP contribution in [0.5, 0.6) is 5.88 Å². The molecule has 130 valence electrons. The molecular weight excluding hydrogens is 314 g/mol. The summed E-state index contributed by atoms with van der Waals surface area (Å²) in [6.07, 6.45) is 5.55. The van der Waals surface area contributed by atoms with E-state index in [1.165, 1.54) is 0 Å². The molecule has 0 saturated heterocycles. The zero-order valence-electron chi connectivity index (χ0n) is 13.5. The third-order valence-corrected chi connectivity index (χ3v) is 4.10. The second-order valence-corrected chi connectivity index (χ2v) is 5.91. The van der Waals surface area contributed by atoms with Gasteiger partial charge in [-0.05, 0) is 37.8 Å². The molecule has 3 N–H and O–H groups in total. The number of hydrogen-bond donors (Lipinski definition) is 2. The fourth-order valence-corrected chi connectivity index (χ4v) is 2.68. The van der Waals surface area contributed by atoms with Crippen molar-refractivity contribution in [3.8, 4) is 5.88 Å². The van der Waals surface area contributed by atoms with Gasteiger partial charge in [-0.1, -0.05) is 10.4 Å². The highest BCUT2D eigenvalue weighted by Crippen LogP contribution is 2.26. The lowest BCUT2D eigenvalue weighted by atomic mass is 9.92. The van der Waals surface area contributed by atoms with Crippen molar-refractivity contribution in [1.82, 2.24) is 30.6 Å². The summed E-state index contributed by atoms with van der Waals surface area (Å²) in [5.74, 6) is 0.0399. The molecule has 0 aliphatic heterocycles. The molecule has 0 atom stereocenters. The molecule has 1 amide bonds. The normalized spacial score (nSPS) is 20.8. The van der Waals surface area contributed by atoms with Gasteiger partial charge in [-0.3, -0.25) is 4.79 Å². The maximum atomic E-state index is 12.1. The van der Waals surface area contributed by atoms with Crippen LogP contribution in [0.3, 0.4) is 0 Å². The number of carbonyl (C=O) groups excluding carboxylic acids is 1. The van der Waals surface area contributed by atoms with Gasteiger partial charge in [0.2, 0.25) is 0 Å². The topological polar surface area (TPSA) is 134 Å². The number of hydrogen-bond acceptors (Lipinski definition) is 8. The van der Waals surface area contributed by atoms with Crippen LogP contribution in [0.2, 0.25) is 0 Å². The average Bonchev–Trinajstić information content (AvgIpc) is 3.22. The molecule has 0 aromatic carbocycles. The number of rotatable bonds is 6. The number of nitrogens with zero attached hydrogens (tertiary/aromatic N) is 5. The number of carbonyl (C=O) groups is 1. The molecule has 10 nitrogen and oxygen atoms in total. The summed E-state index contributed by atoms with van der Waals surface area (Å²) < 4.78 is 11.6. The maximum absolute atomic E-state index is 12.1. The average molecular weight is 335 g/mol. The molecule has 0 unspecified atom stereocenters. The van der Waals surface area contributed by atoms with Crippen LogP contribution in [0.1, 0.15) is 47.9 Å². The second kappa shape index (κ2) is 7.39. The minimum Gasteiger partial charge on any atom is -0.472 e. The Kier molecular flexibility index (Phi) is 5.04. The predicted octanol–water partition coefficient (Wildman–Crippen LogP) is 0.221. The number of nitrogens with two attached hydrogens (primary N) is 1. The predicted molar refractivity (Wildman–Crippen MR) is 82.4 cm³/mol. The third kappa shape index (κ3) is 3.88. The standard InChI is InChI=1S/C14H21N7O3/c1-9-14(19-24-18-9)23-7-6-16-13(22)12-8-21(20-17-12)11-4-2-10(15)3-5-11/h8,10-11H,2-7,15H2,1H3,(H,16,22). The van der Waals surface area contributed by atoms with E-state index in [1.807, 2.05) is 0 Å². The monoisotopic (exact) mass is 335 g/mol. The van der Waals surface area contributed by atoms with Crippen LogP contribution in [0.15, 0.2) is 10.8 Å². The SMILES string of the molecule is Cc1nonc1OCCNC(=O)c1cn(C2CCC(N)CC2)nn1. The lowest BCUT2D eigenvalue weighted by molar-refractivity contribution is 0.0941. The Hall–Kier alpha value is -2.49. The summed E-state index contributed by atoms with van der Waals surface area (Å²) in [4.78, 5) is 12.1. The molecule has 0 spiro atoms. The molecular formula is C14H21N7O3. The number of nitrogens with one attached hydrogen (secondary N) is 1.